The van der Waals surface area contributed by atoms with Gasteiger partial charge < -0.3 is 15.2 Å². The Balaban J connectivity index is 2.09. The number of para-hydroxylation sites is 2. The first-order chi connectivity index (χ1) is 8.94. The molecule has 0 fully saturated rings. The molecule has 0 bridgehead atoms. The minimum atomic E-state index is -4.70. The third-order valence-corrected chi connectivity index (χ3v) is 2.20. The number of nitrogen functional groups attached to an aromatic ring is 1. The van der Waals surface area contributed by atoms with Crippen molar-refractivity contribution in [3.05, 3.63) is 48.5 Å². The lowest BCUT2D eigenvalue weighted by atomic mass is 10.3. The van der Waals surface area contributed by atoms with Gasteiger partial charge in [0.15, 0.2) is 0 Å². The maximum atomic E-state index is 12.0. The molecule has 0 saturated heterocycles. The number of alkyl halides is 3. The highest BCUT2D eigenvalue weighted by molar-refractivity contribution is 5.53. The van der Waals surface area contributed by atoms with Crippen molar-refractivity contribution >= 4 is 5.69 Å². The molecule has 0 amide bonds. The van der Waals surface area contributed by atoms with Crippen molar-refractivity contribution < 1.29 is 22.6 Å². The molecule has 0 radical (unpaired) electrons. The van der Waals surface area contributed by atoms with Crippen LogP contribution in [0.4, 0.5) is 18.9 Å². The van der Waals surface area contributed by atoms with Gasteiger partial charge in [-0.25, -0.2) is 0 Å². The normalized spacial score (nSPS) is 11.1. The second-order valence-corrected chi connectivity index (χ2v) is 3.66. The fourth-order valence-corrected chi connectivity index (χ4v) is 1.41. The van der Waals surface area contributed by atoms with Crippen molar-refractivity contribution in [1.29, 1.82) is 0 Å². The molecule has 0 aliphatic rings. The quantitative estimate of drug-likeness (QED) is 0.858. The largest absolute Gasteiger partial charge is 0.573 e. The lowest BCUT2D eigenvalue weighted by molar-refractivity contribution is -0.274. The fraction of sp³-hybridized carbons (Fsp3) is 0.0769. The summed E-state index contributed by atoms with van der Waals surface area (Å²) in [7, 11) is 0. The third kappa shape index (κ3) is 3.80. The molecule has 19 heavy (non-hydrogen) atoms. The van der Waals surface area contributed by atoms with Gasteiger partial charge >= 0.3 is 6.36 Å². The molecule has 100 valence electrons. The lowest BCUT2D eigenvalue weighted by Crippen LogP contribution is -2.16. The van der Waals surface area contributed by atoms with E-state index < -0.39 is 6.36 Å². The van der Waals surface area contributed by atoms with Crippen LogP contribution in [0.3, 0.4) is 0 Å². The Morgan fingerprint density at radius 2 is 1.42 bits per heavy atom. The molecule has 0 heterocycles. The van der Waals surface area contributed by atoms with Gasteiger partial charge in [0.05, 0.1) is 5.69 Å². The van der Waals surface area contributed by atoms with Crippen molar-refractivity contribution in [3.8, 4) is 17.2 Å². The van der Waals surface area contributed by atoms with Crippen LogP contribution in [0.25, 0.3) is 0 Å². The summed E-state index contributed by atoms with van der Waals surface area (Å²) >= 11 is 0. The van der Waals surface area contributed by atoms with E-state index in [9.17, 15) is 13.2 Å². The molecule has 0 saturated carbocycles. The standard InChI is InChI=1S/C13H10F3NO2/c14-13(15,16)19-10-7-5-9(6-8-10)18-12-4-2-1-3-11(12)17/h1-8H,17H2. The number of anilines is 1. The number of hydrogen-bond acceptors (Lipinski definition) is 3. The monoisotopic (exact) mass is 269 g/mol. The van der Waals surface area contributed by atoms with E-state index in [0.29, 0.717) is 17.2 Å². The average Bonchev–Trinajstić information content (AvgIpc) is 2.33. The van der Waals surface area contributed by atoms with Gasteiger partial charge in [-0.3, -0.25) is 0 Å². The average molecular weight is 269 g/mol. The second-order valence-electron chi connectivity index (χ2n) is 3.66. The van der Waals surface area contributed by atoms with E-state index in [4.69, 9.17) is 10.5 Å². The Morgan fingerprint density at radius 3 is 2.00 bits per heavy atom. The minimum Gasteiger partial charge on any atom is -0.455 e. The number of ether oxygens (including phenoxy) is 2. The Hall–Kier alpha value is -2.37. The minimum absolute atomic E-state index is 0.305. The molecule has 0 aliphatic carbocycles. The van der Waals surface area contributed by atoms with E-state index in [1.807, 2.05) is 0 Å². The van der Waals surface area contributed by atoms with Crippen LogP contribution in [0, 0.1) is 0 Å². The van der Waals surface area contributed by atoms with E-state index >= 15 is 0 Å². The van der Waals surface area contributed by atoms with Gasteiger partial charge in [0.25, 0.3) is 0 Å². The summed E-state index contributed by atoms with van der Waals surface area (Å²) < 4.78 is 45.1. The van der Waals surface area contributed by atoms with E-state index in [2.05, 4.69) is 4.74 Å². The summed E-state index contributed by atoms with van der Waals surface area (Å²) in [6, 6.07) is 11.9. The molecule has 2 aromatic carbocycles. The SMILES string of the molecule is Nc1ccccc1Oc1ccc(OC(F)(F)F)cc1. The summed E-state index contributed by atoms with van der Waals surface area (Å²) in [6.45, 7) is 0. The van der Waals surface area contributed by atoms with Crippen LogP contribution in [0.1, 0.15) is 0 Å². The molecular weight excluding hydrogens is 259 g/mol. The molecule has 0 aliphatic heterocycles. The summed E-state index contributed by atoms with van der Waals surface area (Å²) in [5.41, 5.74) is 6.13. The molecule has 2 aromatic rings. The van der Waals surface area contributed by atoms with Crippen LogP contribution >= 0.6 is 0 Å². The van der Waals surface area contributed by atoms with Crippen LogP contribution in [-0.2, 0) is 0 Å². The number of halogens is 3. The first kappa shape index (κ1) is 13.1. The van der Waals surface area contributed by atoms with Gasteiger partial charge in [0.2, 0.25) is 0 Å². The molecule has 0 spiro atoms. The number of rotatable bonds is 3. The number of benzene rings is 2. The van der Waals surface area contributed by atoms with Crippen molar-refractivity contribution in [2.45, 2.75) is 6.36 Å². The van der Waals surface area contributed by atoms with Gasteiger partial charge in [0, 0.05) is 0 Å². The maximum Gasteiger partial charge on any atom is 0.573 e. The smallest absolute Gasteiger partial charge is 0.455 e. The zero-order chi connectivity index (χ0) is 13.9. The Morgan fingerprint density at radius 1 is 0.842 bits per heavy atom. The zero-order valence-corrected chi connectivity index (χ0v) is 9.65. The van der Waals surface area contributed by atoms with Gasteiger partial charge in [0.1, 0.15) is 17.2 Å². The predicted molar refractivity (Wildman–Crippen MR) is 64.1 cm³/mol. The molecule has 0 atom stereocenters. The zero-order valence-electron chi connectivity index (χ0n) is 9.65. The maximum absolute atomic E-state index is 12.0. The summed E-state index contributed by atoms with van der Waals surface area (Å²) in [5.74, 6) is 0.500. The van der Waals surface area contributed by atoms with E-state index in [0.717, 1.165) is 0 Å². The summed E-state index contributed by atoms with van der Waals surface area (Å²) in [6.07, 6.45) is -4.70. The first-order valence-electron chi connectivity index (χ1n) is 5.32. The highest BCUT2D eigenvalue weighted by Gasteiger charge is 2.30. The van der Waals surface area contributed by atoms with Gasteiger partial charge in [-0.1, -0.05) is 12.1 Å². The van der Waals surface area contributed by atoms with E-state index in [1.54, 1.807) is 24.3 Å². The topological polar surface area (TPSA) is 44.5 Å². The van der Waals surface area contributed by atoms with Crippen LogP contribution in [-0.4, -0.2) is 6.36 Å². The molecule has 0 aromatic heterocycles. The fourth-order valence-electron chi connectivity index (χ4n) is 1.41. The number of hydrogen-bond donors (Lipinski definition) is 1. The highest BCUT2D eigenvalue weighted by atomic mass is 19.4. The van der Waals surface area contributed by atoms with Gasteiger partial charge in [-0.15, -0.1) is 13.2 Å². The predicted octanol–water partition coefficient (Wildman–Crippen LogP) is 3.96. The molecule has 2 rings (SSSR count). The molecule has 3 nitrogen and oxygen atoms in total. The van der Waals surface area contributed by atoms with E-state index in [-0.39, 0.29) is 5.75 Å². The van der Waals surface area contributed by atoms with Crippen molar-refractivity contribution in [2.24, 2.45) is 0 Å². The summed E-state index contributed by atoms with van der Waals surface area (Å²) in [5, 5.41) is 0. The van der Waals surface area contributed by atoms with Crippen molar-refractivity contribution in [3.63, 3.8) is 0 Å². The van der Waals surface area contributed by atoms with Crippen LogP contribution in [0.2, 0.25) is 0 Å². The van der Waals surface area contributed by atoms with Gasteiger partial charge in [-0.2, -0.15) is 0 Å². The second kappa shape index (κ2) is 5.09. The number of nitrogens with two attached hydrogens (primary N) is 1. The van der Waals surface area contributed by atoms with Crippen LogP contribution in [0.15, 0.2) is 48.5 Å². The third-order valence-electron chi connectivity index (χ3n) is 2.20. The van der Waals surface area contributed by atoms with Crippen LogP contribution < -0.4 is 15.2 Å². The molecule has 2 N–H and O–H groups in total. The first-order valence-corrected chi connectivity index (χ1v) is 5.32. The highest BCUT2D eigenvalue weighted by Crippen LogP contribution is 2.29. The Kier molecular flexibility index (Phi) is 3.50. The summed E-state index contributed by atoms with van der Waals surface area (Å²) in [4.78, 5) is 0. The van der Waals surface area contributed by atoms with Crippen molar-refractivity contribution in [1.82, 2.24) is 0 Å². The Labute approximate surface area is 107 Å². The van der Waals surface area contributed by atoms with E-state index in [1.165, 1.54) is 24.3 Å². The molecule has 6 heteroatoms. The molecule has 0 unspecified atom stereocenters. The Bertz CT molecular complexity index is 553. The van der Waals surface area contributed by atoms with Crippen LogP contribution in [0.5, 0.6) is 17.2 Å². The lowest BCUT2D eigenvalue weighted by Gasteiger charge is -2.10. The van der Waals surface area contributed by atoms with Gasteiger partial charge in [-0.05, 0) is 36.4 Å². The van der Waals surface area contributed by atoms with Crippen molar-refractivity contribution in [2.75, 3.05) is 5.73 Å². The molecular formula is C13H10F3NO2.